The van der Waals surface area contributed by atoms with Gasteiger partial charge in [-0.05, 0) is 17.7 Å². The summed E-state index contributed by atoms with van der Waals surface area (Å²) in [5, 5.41) is 0.688. The van der Waals surface area contributed by atoms with Crippen molar-refractivity contribution in [1.29, 1.82) is 0 Å². The molecule has 1 aromatic carbocycles. The molecule has 0 saturated heterocycles. The summed E-state index contributed by atoms with van der Waals surface area (Å²) in [6, 6.07) is 6.63. The minimum Gasteiger partial charge on any atom is -0.276 e. The molecule has 0 saturated carbocycles. The summed E-state index contributed by atoms with van der Waals surface area (Å²) in [4.78, 5) is 7.70. The number of sulfonamides is 1. The van der Waals surface area contributed by atoms with Gasteiger partial charge in [0.05, 0.1) is 23.0 Å². The molecule has 0 unspecified atom stereocenters. The molecule has 0 fully saturated rings. The first-order valence-electron chi connectivity index (χ1n) is 5.04. The van der Waals surface area contributed by atoms with Gasteiger partial charge in [0, 0.05) is 5.33 Å². The number of hydrogen-bond acceptors (Lipinski definition) is 4. The fourth-order valence-electron chi connectivity index (χ4n) is 1.32. The second-order valence-electron chi connectivity index (χ2n) is 3.51. The van der Waals surface area contributed by atoms with Crippen LogP contribution in [0.1, 0.15) is 5.56 Å². The molecule has 0 bridgehead atoms. The highest BCUT2D eigenvalue weighted by Gasteiger charge is 2.13. The molecule has 0 aliphatic heterocycles. The van der Waals surface area contributed by atoms with Crippen molar-refractivity contribution in [2.75, 3.05) is 4.72 Å². The van der Waals surface area contributed by atoms with Crippen LogP contribution in [0.2, 0.25) is 0 Å². The maximum absolute atomic E-state index is 12.0. The second-order valence-corrected chi connectivity index (χ2v) is 5.75. The third kappa shape index (κ3) is 3.05. The summed E-state index contributed by atoms with van der Waals surface area (Å²) in [5.74, 6) is 0. The standard InChI is InChI=1S/C11H10BrN3O2S/c12-5-9-1-3-11(4-2-9)18(16,17)15-10-6-13-8-14-7-10/h1-4,6-8,15H,5H2. The molecule has 0 atom stereocenters. The fourth-order valence-corrected chi connectivity index (χ4v) is 2.73. The molecular weight excluding hydrogens is 318 g/mol. The van der Waals surface area contributed by atoms with Crippen LogP contribution in [0.25, 0.3) is 0 Å². The van der Waals surface area contributed by atoms with Crippen molar-refractivity contribution in [3.8, 4) is 0 Å². The van der Waals surface area contributed by atoms with Crippen LogP contribution in [-0.4, -0.2) is 18.4 Å². The fraction of sp³-hybridized carbons (Fsp3) is 0.0909. The number of halogens is 1. The van der Waals surface area contributed by atoms with E-state index >= 15 is 0 Å². The monoisotopic (exact) mass is 327 g/mol. The Morgan fingerprint density at radius 3 is 2.28 bits per heavy atom. The van der Waals surface area contributed by atoms with Crippen molar-refractivity contribution in [3.63, 3.8) is 0 Å². The van der Waals surface area contributed by atoms with Crippen LogP contribution >= 0.6 is 15.9 Å². The Hall–Kier alpha value is -1.47. The average Bonchev–Trinajstić information content (AvgIpc) is 2.39. The van der Waals surface area contributed by atoms with E-state index in [1.807, 2.05) is 0 Å². The predicted octanol–water partition coefficient (Wildman–Crippen LogP) is 2.17. The molecule has 0 amide bonds. The largest absolute Gasteiger partial charge is 0.276 e. The lowest BCUT2D eigenvalue weighted by Crippen LogP contribution is -2.13. The van der Waals surface area contributed by atoms with Gasteiger partial charge in [0.1, 0.15) is 6.33 Å². The van der Waals surface area contributed by atoms with Gasteiger partial charge in [-0.3, -0.25) is 4.72 Å². The highest BCUT2D eigenvalue weighted by Crippen LogP contribution is 2.16. The third-order valence-corrected chi connectivity index (χ3v) is 4.25. The van der Waals surface area contributed by atoms with Crippen molar-refractivity contribution in [1.82, 2.24) is 9.97 Å². The number of nitrogens with zero attached hydrogens (tertiary/aromatic N) is 2. The molecule has 0 aliphatic carbocycles. The van der Waals surface area contributed by atoms with Gasteiger partial charge in [0.25, 0.3) is 10.0 Å². The summed E-state index contributed by atoms with van der Waals surface area (Å²) >= 11 is 3.30. The summed E-state index contributed by atoms with van der Waals surface area (Å²) < 4.78 is 26.5. The Morgan fingerprint density at radius 1 is 1.11 bits per heavy atom. The van der Waals surface area contributed by atoms with Gasteiger partial charge in [-0.2, -0.15) is 0 Å². The van der Waals surface area contributed by atoms with Crippen molar-refractivity contribution in [2.24, 2.45) is 0 Å². The van der Waals surface area contributed by atoms with Crippen molar-refractivity contribution >= 4 is 31.6 Å². The number of rotatable bonds is 4. The number of benzene rings is 1. The molecular formula is C11H10BrN3O2S. The normalized spacial score (nSPS) is 11.2. The van der Waals surface area contributed by atoms with Crippen LogP contribution in [0, 0.1) is 0 Å². The Morgan fingerprint density at radius 2 is 1.72 bits per heavy atom. The molecule has 1 N–H and O–H groups in total. The number of alkyl halides is 1. The summed E-state index contributed by atoms with van der Waals surface area (Å²) in [6.45, 7) is 0. The van der Waals surface area contributed by atoms with Gasteiger partial charge in [0.15, 0.2) is 0 Å². The molecule has 7 heteroatoms. The van der Waals surface area contributed by atoms with Crippen molar-refractivity contribution in [3.05, 3.63) is 48.5 Å². The lowest BCUT2D eigenvalue weighted by atomic mass is 10.2. The summed E-state index contributed by atoms with van der Waals surface area (Å²) in [6.07, 6.45) is 4.14. The highest BCUT2D eigenvalue weighted by atomic mass is 79.9. The van der Waals surface area contributed by atoms with E-state index in [-0.39, 0.29) is 4.90 Å². The molecule has 94 valence electrons. The van der Waals surface area contributed by atoms with Crippen LogP contribution in [-0.2, 0) is 15.4 Å². The SMILES string of the molecule is O=S(=O)(Nc1cncnc1)c1ccc(CBr)cc1. The second kappa shape index (κ2) is 5.45. The zero-order valence-corrected chi connectivity index (χ0v) is 11.6. The van der Waals surface area contributed by atoms with Gasteiger partial charge < -0.3 is 0 Å². The summed E-state index contributed by atoms with van der Waals surface area (Å²) in [5.41, 5.74) is 1.35. The maximum atomic E-state index is 12.0. The van der Waals surface area contributed by atoms with Crippen LogP contribution in [0.5, 0.6) is 0 Å². The first kappa shape index (κ1) is 13.0. The summed E-state index contributed by atoms with van der Waals surface area (Å²) in [7, 11) is -3.58. The van der Waals surface area contributed by atoms with E-state index in [0.29, 0.717) is 11.0 Å². The van der Waals surface area contributed by atoms with E-state index in [9.17, 15) is 8.42 Å². The first-order chi connectivity index (χ1) is 8.62. The van der Waals surface area contributed by atoms with E-state index in [2.05, 4.69) is 30.6 Å². The van der Waals surface area contributed by atoms with E-state index in [0.717, 1.165) is 5.56 Å². The third-order valence-electron chi connectivity index (χ3n) is 2.20. The minimum atomic E-state index is -3.58. The Balaban J connectivity index is 2.25. The van der Waals surface area contributed by atoms with Gasteiger partial charge in [-0.1, -0.05) is 28.1 Å². The number of hydrogen-bond donors (Lipinski definition) is 1. The molecule has 2 aromatic rings. The average molecular weight is 328 g/mol. The van der Waals surface area contributed by atoms with Crippen LogP contribution in [0.4, 0.5) is 5.69 Å². The number of aromatic nitrogens is 2. The zero-order valence-electron chi connectivity index (χ0n) is 9.25. The number of anilines is 1. The van der Waals surface area contributed by atoms with E-state index in [4.69, 9.17) is 0 Å². The molecule has 0 spiro atoms. The zero-order chi connectivity index (χ0) is 13.0. The van der Waals surface area contributed by atoms with Gasteiger partial charge in [-0.25, -0.2) is 18.4 Å². The number of nitrogens with one attached hydrogen (secondary N) is 1. The molecule has 1 aromatic heterocycles. The van der Waals surface area contributed by atoms with Gasteiger partial charge in [0.2, 0.25) is 0 Å². The molecule has 5 nitrogen and oxygen atoms in total. The van der Waals surface area contributed by atoms with Crippen LogP contribution in [0.3, 0.4) is 0 Å². The maximum Gasteiger partial charge on any atom is 0.261 e. The molecule has 0 aliphatic rings. The quantitative estimate of drug-likeness (QED) is 0.873. The first-order valence-corrected chi connectivity index (χ1v) is 7.65. The van der Waals surface area contributed by atoms with E-state index < -0.39 is 10.0 Å². The van der Waals surface area contributed by atoms with Gasteiger partial charge in [-0.15, -0.1) is 0 Å². The van der Waals surface area contributed by atoms with Crippen molar-refractivity contribution in [2.45, 2.75) is 10.2 Å². The topological polar surface area (TPSA) is 72.0 Å². The molecule has 1 heterocycles. The van der Waals surface area contributed by atoms with E-state index in [1.165, 1.54) is 18.7 Å². The highest BCUT2D eigenvalue weighted by molar-refractivity contribution is 9.08. The Labute approximate surface area is 113 Å². The van der Waals surface area contributed by atoms with E-state index in [1.54, 1.807) is 24.3 Å². The Kier molecular flexibility index (Phi) is 3.93. The smallest absolute Gasteiger partial charge is 0.261 e. The lowest BCUT2D eigenvalue weighted by molar-refractivity contribution is 0.601. The lowest BCUT2D eigenvalue weighted by Gasteiger charge is -2.07. The Bertz CT molecular complexity index is 614. The van der Waals surface area contributed by atoms with Crippen molar-refractivity contribution < 1.29 is 8.42 Å². The molecule has 0 radical (unpaired) electrons. The molecule has 18 heavy (non-hydrogen) atoms. The van der Waals surface area contributed by atoms with Crippen LogP contribution < -0.4 is 4.72 Å². The minimum absolute atomic E-state index is 0.205. The predicted molar refractivity (Wildman–Crippen MR) is 71.9 cm³/mol. The van der Waals surface area contributed by atoms with Gasteiger partial charge >= 0.3 is 0 Å². The molecule has 2 rings (SSSR count). The van der Waals surface area contributed by atoms with Crippen LogP contribution in [0.15, 0.2) is 47.9 Å².